The van der Waals surface area contributed by atoms with Crippen LogP contribution in [0.25, 0.3) is 11.3 Å². The number of nitrogens with two attached hydrogens (primary N) is 1. The zero-order valence-corrected chi connectivity index (χ0v) is 10.3. The molecule has 2 aromatic rings. The molecule has 1 aromatic carbocycles. The van der Waals surface area contributed by atoms with Gasteiger partial charge in [-0.05, 0) is 23.8 Å². The molecule has 1 aromatic heterocycles. The number of carboxylic acids is 1. The molecule has 0 saturated heterocycles. The van der Waals surface area contributed by atoms with Crippen molar-refractivity contribution < 1.29 is 24.7 Å². The monoisotopic (exact) mass is 261 g/mol. The van der Waals surface area contributed by atoms with Gasteiger partial charge in [0.1, 0.15) is 12.3 Å². The number of benzene rings is 1. The molecule has 0 aliphatic rings. The van der Waals surface area contributed by atoms with Crippen molar-refractivity contribution in [3.8, 4) is 11.3 Å². The predicted octanol–water partition coefficient (Wildman–Crippen LogP) is -0.634. The minimum atomic E-state index is -1.20. The Kier molecular flexibility index (Phi) is 4.33. The lowest BCUT2D eigenvalue weighted by Gasteiger charge is -2.03. The third-order valence-electron chi connectivity index (χ3n) is 2.72. The number of aromatic carboxylic acids is 1. The highest BCUT2D eigenvalue weighted by molar-refractivity contribution is 5.87. The van der Waals surface area contributed by atoms with Crippen LogP contribution in [0.3, 0.4) is 0 Å². The Bertz CT molecular complexity index is 562. The topological polar surface area (TPSA) is 90.1 Å². The van der Waals surface area contributed by atoms with Crippen molar-refractivity contribution in [2.75, 3.05) is 13.2 Å². The summed E-state index contributed by atoms with van der Waals surface area (Å²) in [6.45, 7) is 1.39. The summed E-state index contributed by atoms with van der Waals surface area (Å²) in [7, 11) is 0. The average Bonchev–Trinajstić information content (AvgIpc) is 2.88. The maximum absolute atomic E-state index is 10.8. The molecule has 2 rings (SSSR count). The molecule has 0 aliphatic carbocycles. The van der Waals surface area contributed by atoms with Gasteiger partial charge in [-0.1, -0.05) is 18.2 Å². The van der Waals surface area contributed by atoms with Crippen LogP contribution in [0.2, 0.25) is 0 Å². The van der Waals surface area contributed by atoms with E-state index >= 15 is 0 Å². The van der Waals surface area contributed by atoms with E-state index in [1.54, 1.807) is 18.2 Å². The summed E-state index contributed by atoms with van der Waals surface area (Å²) < 4.78 is 5.62. The Hall–Kier alpha value is -2.11. The zero-order valence-electron chi connectivity index (χ0n) is 10.3. The molecule has 0 bridgehead atoms. The molecule has 0 radical (unpaired) electrons. The highest BCUT2D eigenvalue weighted by Crippen LogP contribution is 2.22. The highest BCUT2D eigenvalue weighted by Gasteiger charge is 2.06. The number of furan rings is 1. The smallest absolute Gasteiger partial charge is 0.158 e. The molecule has 3 N–H and O–H groups in total. The number of hydrogen-bond acceptors (Lipinski definition) is 4. The van der Waals surface area contributed by atoms with Gasteiger partial charge in [-0.2, -0.15) is 0 Å². The highest BCUT2D eigenvalue weighted by atomic mass is 16.4. The van der Waals surface area contributed by atoms with E-state index in [0.717, 1.165) is 5.76 Å². The summed E-state index contributed by atoms with van der Waals surface area (Å²) >= 11 is 0. The number of carbonyl (C=O) groups excluding carboxylic acids is 1. The van der Waals surface area contributed by atoms with Gasteiger partial charge in [0, 0.05) is 5.56 Å². The first-order valence-corrected chi connectivity index (χ1v) is 6.03. The summed E-state index contributed by atoms with van der Waals surface area (Å²) in [5, 5.41) is 21.4. The van der Waals surface area contributed by atoms with Crippen LogP contribution in [-0.4, -0.2) is 24.2 Å². The van der Waals surface area contributed by atoms with E-state index in [9.17, 15) is 9.90 Å². The fraction of sp³-hybridized carbons (Fsp3) is 0.214. The largest absolute Gasteiger partial charge is 0.545 e. The quantitative estimate of drug-likeness (QED) is 0.677. The molecule has 0 spiro atoms. The van der Waals surface area contributed by atoms with Crippen LogP contribution in [0.4, 0.5) is 0 Å². The molecular formula is C14H15NO4. The number of aliphatic hydroxyl groups excluding tert-OH is 1. The van der Waals surface area contributed by atoms with Gasteiger partial charge in [0.05, 0.1) is 19.1 Å². The van der Waals surface area contributed by atoms with Crippen LogP contribution in [0, 0.1) is 0 Å². The number of carboxylic acid groups (broad SMARTS) is 1. The van der Waals surface area contributed by atoms with E-state index in [0.29, 0.717) is 24.4 Å². The lowest BCUT2D eigenvalue weighted by Crippen LogP contribution is -2.83. The molecule has 100 valence electrons. The van der Waals surface area contributed by atoms with Gasteiger partial charge in [-0.25, -0.2) is 0 Å². The molecule has 0 saturated carbocycles. The fourth-order valence-electron chi connectivity index (χ4n) is 1.78. The first-order valence-electron chi connectivity index (χ1n) is 6.03. The van der Waals surface area contributed by atoms with Gasteiger partial charge < -0.3 is 24.7 Å². The summed E-state index contributed by atoms with van der Waals surface area (Å²) in [5.41, 5.74) is 0.831. The number of hydrogen-bond donors (Lipinski definition) is 2. The zero-order chi connectivity index (χ0) is 13.7. The Morgan fingerprint density at radius 3 is 2.89 bits per heavy atom. The number of quaternary nitrogens is 1. The fourth-order valence-corrected chi connectivity index (χ4v) is 1.78. The SMILES string of the molecule is O=C([O-])c1cccc(-c2ccc(C[NH2+]CCO)o2)c1. The van der Waals surface area contributed by atoms with Crippen molar-refractivity contribution in [1.29, 1.82) is 0 Å². The Morgan fingerprint density at radius 1 is 1.32 bits per heavy atom. The average molecular weight is 261 g/mol. The van der Waals surface area contributed by atoms with Crippen molar-refractivity contribution in [1.82, 2.24) is 0 Å². The van der Waals surface area contributed by atoms with Gasteiger partial charge in [0.15, 0.2) is 5.76 Å². The number of aliphatic hydroxyl groups is 1. The third-order valence-corrected chi connectivity index (χ3v) is 2.72. The molecule has 1 heterocycles. The molecule has 0 fully saturated rings. The van der Waals surface area contributed by atoms with E-state index in [2.05, 4.69) is 0 Å². The summed E-state index contributed by atoms with van der Waals surface area (Å²) in [4.78, 5) is 10.8. The molecule has 0 atom stereocenters. The second-order valence-corrected chi connectivity index (χ2v) is 4.14. The Labute approximate surface area is 110 Å². The second-order valence-electron chi connectivity index (χ2n) is 4.14. The first-order chi connectivity index (χ1) is 9.20. The van der Waals surface area contributed by atoms with Crippen LogP contribution in [-0.2, 0) is 6.54 Å². The van der Waals surface area contributed by atoms with E-state index in [1.165, 1.54) is 12.1 Å². The summed E-state index contributed by atoms with van der Waals surface area (Å²) in [6.07, 6.45) is 0. The molecule has 0 amide bonds. The van der Waals surface area contributed by atoms with Crippen LogP contribution < -0.4 is 10.4 Å². The minimum Gasteiger partial charge on any atom is -0.545 e. The summed E-state index contributed by atoms with van der Waals surface area (Å²) in [5.74, 6) is 0.197. The van der Waals surface area contributed by atoms with Gasteiger partial charge in [0.25, 0.3) is 0 Å². The Balaban J connectivity index is 2.13. The van der Waals surface area contributed by atoms with Crippen molar-refractivity contribution in [3.05, 3.63) is 47.7 Å². The number of rotatable bonds is 6. The van der Waals surface area contributed by atoms with Crippen molar-refractivity contribution in [3.63, 3.8) is 0 Å². The van der Waals surface area contributed by atoms with Crippen LogP contribution in [0.15, 0.2) is 40.8 Å². The lowest BCUT2D eigenvalue weighted by molar-refractivity contribution is -0.673. The summed E-state index contributed by atoms with van der Waals surface area (Å²) in [6, 6.07) is 10.1. The second kappa shape index (κ2) is 6.17. The standard InChI is InChI=1S/C14H15NO4/c16-7-6-15-9-12-4-5-13(19-12)10-2-1-3-11(8-10)14(17)18/h1-5,8,15-16H,6-7,9H2,(H,17,18). The van der Waals surface area contributed by atoms with E-state index < -0.39 is 5.97 Å². The normalized spacial score (nSPS) is 10.6. The van der Waals surface area contributed by atoms with Gasteiger partial charge >= 0.3 is 0 Å². The maximum atomic E-state index is 10.8. The van der Waals surface area contributed by atoms with Gasteiger partial charge in [-0.15, -0.1) is 0 Å². The third kappa shape index (κ3) is 3.43. The van der Waals surface area contributed by atoms with E-state index in [4.69, 9.17) is 9.52 Å². The maximum Gasteiger partial charge on any atom is 0.158 e. The molecule has 5 nitrogen and oxygen atoms in total. The van der Waals surface area contributed by atoms with E-state index in [-0.39, 0.29) is 12.2 Å². The first kappa shape index (κ1) is 13.3. The molecule has 19 heavy (non-hydrogen) atoms. The Morgan fingerprint density at radius 2 is 2.16 bits per heavy atom. The molecule has 0 unspecified atom stereocenters. The van der Waals surface area contributed by atoms with Crippen molar-refractivity contribution in [2.45, 2.75) is 6.54 Å². The lowest BCUT2D eigenvalue weighted by atomic mass is 10.1. The van der Waals surface area contributed by atoms with Crippen molar-refractivity contribution in [2.24, 2.45) is 0 Å². The molecule has 0 aliphatic heterocycles. The van der Waals surface area contributed by atoms with Crippen molar-refractivity contribution >= 4 is 5.97 Å². The minimum absolute atomic E-state index is 0.126. The van der Waals surface area contributed by atoms with Crippen LogP contribution in [0.5, 0.6) is 0 Å². The van der Waals surface area contributed by atoms with Crippen LogP contribution in [0.1, 0.15) is 16.1 Å². The molecular weight excluding hydrogens is 246 g/mol. The molecule has 5 heteroatoms. The van der Waals surface area contributed by atoms with Crippen LogP contribution >= 0.6 is 0 Å². The predicted molar refractivity (Wildman–Crippen MR) is 66.1 cm³/mol. The van der Waals surface area contributed by atoms with Gasteiger partial charge in [0.2, 0.25) is 0 Å². The number of carbonyl (C=O) groups is 1. The van der Waals surface area contributed by atoms with E-state index in [1.807, 2.05) is 11.4 Å². The van der Waals surface area contributed by atoms with Gasteiger partial charge in [-0.3, -0.25) is 0 Å².